The average molecular weight is 221 g/mol. The summed E-state index contributed by atoms with van der Waals surface area (Å²) in [6.07, 6.45) is 0.913. The summed E-state index contributed by atoms with van der Waals surface area (Å²) >= 11 is 0. The summed E-state index contributed by atoms with van der Waals surface area (Å²) in [7, 11) is 0. The van der Waals surface area contributed by atoms with Crippen molar-refractivity contribution >= 4 is 0 Å². The van der Waals surface area contributed by atoms with Gasteiger partial charge in [-0.2, -0.15) is 0 Å². The molecule has 1 aromatic carbocycles. The summed E-state index contributed by atoms with van der Waals surface area (Å²) in [5.41, 5.74) is 7.57. The van der Waals surface area contributed by atoms with Crippen LogP contribution in [0.1, 0.15) is 33.3 Å². The number of rotatable bonds is 4. The number of ether oxygens (including phenoxy) is 1. The molecule has 1 rings (SSSR count). The average Bonchev–Trinajstić information content (AvgIpc) is 2.20. The first kappa shape index (κ1) is 13.0. The van der Waals surface area contributed by atoms with E-state index in [0.717, 1.165) is 12.2 Å². The third-order valence-corrected chi connectivity index (χ3v) is 2.80. The van der Waals surface area contributed by atoms with Gasteiger partial charge in [-0.25, -0.2) is 0 Å². The van der Waals surface area contributed by atoms with Crippen LogP contribution in [0.25, 0.3) is 0 Å². The first-order chi connectivity index (χ1) is 7.43. The van der Waals surface area contributed by atoms with E-state index in [1.54, 1.807) is 0 Å². The topological polar surface area (TPSA) is 35.2 Å². The first-order valence-corrected chi connectivity index (χ1v) is 5.91. The number of benzene rings is 1. The fraction of sp³-hybridized carbons (Fsp3) is 0.571. The van der Waals surface area contributed by atoms with Crippen molar-refractivity contribution in [1.29, 1.82) is 0 Å². The van der Waals surface area contributed by atoms with Gasteiger partial charge in [0.05, 0.1) is 6.61 Å². The van der Waals surface area contributed by atoms with Crippen LogP contribution in [0, 0.1) is 5.41 Å². The molecule has 0 aliphatic heterocycles. The van der Waals surface area contributed by atoms with Gasteiger partial charge in [0.1, 0.15) is 5.75 Å². The molecule has 0 bridgehead atoms. The smallest absolute Gasteiger partial charge is 0.119 e. The van der Waals surface area contributed by atoms with Crippen molar-refractivity contribution in [2.75, 3.05) is 6.61 Å². The molecule has 0 saturated heterocycles. The molecule has 0 radical (unpaired) electrons. The summed E-state index contributed by atoms with van der Waals surface area (Å²) in [5.74, 6) is 0.926. The van der Waals surface area contributed by atoms with Gasteiger partial charge in [0.2, 0.25) is 0 Å². The van der Waals surface area contributed by atoms with Crippen LogP contribution in [0.3, 0.4) is 0 Å². The highest BCUT2D eigenvalue weighted by Gasteiger charge is 2.20. The maximum atomic E-state index is 6.15. The van der Waals surface area contributed by atoms with E-state index >= 15 is 0 Å². The molecule has 0 aromatic heterocycles. The predicted octanol–water partition coefficient (Wildman–Crippen LogP) is 3.00. The molecule has 1 atom stereocenters. The minimum Gasteiger partial charge on any atom is -0.494 e. The minimum absolute atomic E-state index is 0.151. The summed E-state index contributed by atoms with van der Waals surface area (Å²) in [6, 6.07) is 8.39. The normalized spacial score (nSPS) is 13.6. The molecule has 1 aromatic rings. The minimum atomic E-state index is 0.151. The molecule has 0 aliphatic rings. The lowest BCUT2D eigenvalue weighted by Crippen LogP contribution is -2.36. The first-order valence-electron chi connectivity index (χ1n) is 5.91. The number of hydrogen-bond acceptors (Lipinski definition) is 2. The molecular formula is C14H23NO. The van der Waals surface area contributed by atoms with E-state index < -0.39 is 0 Å². The quantitative estimate of drug-likeness (QED) is 0.848. The van der Waals surface area contributed by atoms with E-state index in [0.29, 0.717) is 6.61 Å². The summed E-state index contributed by atoms with van der Waals surface area (Å²) in [6.45, 7) is 9.22. The Labute approximate surface area is 98.8 Å². The largest absolute Gasteiger partial charge is 0.494 e. The van der Waals surface area contributed by atoms with E-state index in [1.807, 2.05) is 19.1 Å². The Bertz CT molecular complexity index is 311. The van der Waals surface area contributed by atoms with E-state index in [-0.39, 0.29) is 11.5 Å². The Balaban J connectivity index is 2.62. The fourth-order valence-electron chi connectivity index (χ4n) is 1.45. The summed E-state index contributed by atoms with van der Waals surface area (Å²) < 4.78 is 5.40. The van der Waals surface area contributed by atoms with Gasteiger partial charge in [-0.05, 0) is 36.5 Å². The Kier molecular flexibility index (Phi) is 4.36. The molecule has 1 unspecified atom stereocenters. The van der Waals surface area contributed by atoms with Gasteiger partial charge in [-0.1, -0.05) is 32.9 Å². The zero-order valence-electron chi connectivity index (χ0n) is 10.8. The SMILES string of the molecule is CCOc1ccc(CC(N)C(C)(C)C)cc1. The maximum Gasteiger partial charge on any atom is 0.119 e. The van der Waals surface area contributed by atoms with Crippen LogP contribution in [0.15, 0.2) is 24.3 Å². The van der Waals surface area contributed by atoms with Crippen molar-refractivity contribution in [3.8, 4) is 5.75 Å². The van der Waals surface area contributed by atoms with Crippen LogP contribution in [-0.4, -0.2) is 12.6 Å². The molecule has 0 aliphatic carbocycles. The molecule has 0 heterocycles. The molecule has 16 heavy (non-hydrogen) atoms. The Hall–Kier alpha value is -1.02. The van der Waals surface area contributed by atoms with E-state index in [9.17, 15) is 0 Å². The highest BCUT2D eigenvalue weighted by molar-refractivity contribution is 5.27. The molecule has 0 spiro atoms. The van der Waals surface area contributed by atoms with Crippen LogP contribution >= 0.6 is 0 Å². The van der Waals surface area contributed by atoms with Crippen LogP contribution in [-0.2, 0) is 6.42 Å². The van der Waals surface area contributed by atoms with Crippen LogP contribution in [0.5, 0.6) is 5.75 Å². The van der Waals surface area contributed by atoms with Gasteiger partial charge >= 0.3 is 0 Å². The van der Waals surface area contributed by atoms with Crippen LogP contribution in [0.4, 0.5) is 0 Å². The molecule has 0 amide bonds. The molecule has 0 fully saturated rings. The van der Waals surface area contributed by atoms with E-state index in [1.165, 1.54) is 5.56 Å². The predicted molar refractivity (Wildman–Crippen MR) is 68.7 cm³/mol. The van der Waals surface area contributed by atoms with Gasteiger partial charge in [0.15, 0.2) is 0 Å². The Morgan fingerprint density at radius 3 is 2.19 bits per heavy atom. The Morgan fingerprint density at radius 1 is 1.19 bits per heavy atom. The highest BCUT2D eigenvalue weighted by atomic mass is 16.5. The highest BCUT2D eigenvalue weighted by Crippen LogP contribution is 2.21. The number of nitrogens with two attached hydrogens (primary N) is 1. The molecular weight excluding hydrogens is 198 g/mol. The van der Waals surface area contributed by atoms with Crippen molar-refractivity contribution in [3.63, 3.8) is 0 Å². The van der Waals surface area contributed by atoms with Gasteiger partial charge in [0.25, 0.3) is 0 Å². The molecule has 0 saturated carbocycles. The summed E-state index contributed by atoms with van der Waals surface area (Å²) in [4.78, 5) is 0. The van der Waals surface area contributed by atoms with Crippen molar-refractivity contribution in [1.82, 2.24) is 0 Å². The van der Waals surface area contributed by atoms with Crippen molar-refractivity contribution < 1.29 is 4.74 Å². The lowest BCUT2D eigenvalue weighted by molar-refractivity contribution is 0.318. The molecule has 2 heteroatoms. The lowest BCUT2D eigenvalue weighted by atomic mass is 9.84. The maximum absolute atomic E-state index is 6.15. The van der Waals surface area contributed by atoms with Crippen LogP contribution < -0.4 is 10.5 Å². The van der Waals surface area contributed by atoms with Crippen LogP contribution in [0.2, 0.25) is 0 Å². The van der Waals surface area contributed by atoms with Gasteiger partial charge in [-0.3, -0.25) is 0 Å². The second-order valence-corrected chi connectivity index (χ2v) is 5.25. The zero-order valence-corrected chi connectivity index (χ0v) is 10.8. The van der Waals surface area contributed by atoms with E-state index in [4.69, 9.17) is 10.5 Å². The van der Waals surface area contributed by atoms with Gasteiger partial charge < -0.3 is 10.5 Å². The fourth-order valence-corrected chi connectivity index (χ4v) is 1.45. The molecule has 90 valence electrons. The van der Waals surface area contributed by atoms with Crippen molar-refractivity contribution in [2.24, 2.45) is 11.1 Å². The molecule has 2 N–H and O–H groups in total. The van der Waals surface area contributed by atoms with Gasteiger partial charge in [-0.15, -0.1) is 0 Å². The third kappa shape index (κ3) is 3.86. The van der Waals surface area contributed by atoms with Gasteiger partial charge in [0, 0.05) is 6.04 Å². The van der Waals surface area contributed by atoms with E-state index in [2.05, 4.69) is 32.9 Å². The Morgan fingerprint density at radius 2 is 1.75 bits per heavy atom. The third-order valence-electron chi connectivity index (χ3n) is 2.80. The van der Waals surface area contributed by atoms with Crippen molar-refractivity contribution in [2.45, 2.75) is 40.2 Å². The second kappa shape index (κ2) is 5.35. The number of hydrogen-bond donors (Lipinski definition) is 1. The standard InChI is InChI=1S/C14H23NO/c1-5-16-12-8-6-11(7-9-12)10-13(15)14(2,3)4/h6-9,13H,5,10,15H2,1-4H3. The second-order valence-electron chi connectivity index (χ2n) is 5.25. The molecule has 2 nitrogen and oxygen atoms in total. The van der Waals surface area contributed by atoms with Crippen molar-refractivity contribution in [3.05, 3.63) is 29.8 Å². The monoisotopic (exact) mass is 221 g/mol. The lowest BCUT2D eigenvalue weighted by Gasteiger charge is -2.27. The summed E-state index contributed by atoms with van der Waals surface area (Å²) in [5, 5.41) is 0. The zero-order chi connectivity index (χ0) is 12.2.